The van der Waals surface area contributed by atoms with Gasteiger partial charge in [0.2, 0.25) is 11.8 Å². The number of aromatic nitrogens is 4. The van der Waals surface area contributed by atoms with E-state index in [0.29, 0.717) is 23.1 Å². The van der Waals surface area contributed by atoms with Crippen LogP contribution in [-0.4, -0.2) is 44.9 Å². The fourth-order valence-electron chi connectivity index (χ4n) is 4.13. The van der Waals surface area contributed by atoms with E-state index in [4.69, 9.17) is 16.3 Å². The molecular formula is C23H27ClF2N6O2. The number of anilines is 2. The van der Waals surface area contributed by atoms with Gasteiger partial charge in [-0.1, -0.05) is 18.5 Å². The maximum Gasteiger partial charge on any atom is 0.272 e. The van der Waals surface area contributed by atoms with Crippen molar-refractivity contribution < 1.29 is 18.3 Å². The molecular weight excluding hydrogens is 466 g/mol. The highest BCUT2D eigenvalue weighted by molar-refractivity contribution is 6.32. The summed E-state index contributed by atoms with van der Waals surface area (Å²) in [6.45, 7) is 5.04. The van der Waals surface area contributed by atoms with Gasteiger partial charge >= 0.3 is 0 Å². The van der Waals surface area contributed by atoms with Gasteiger partial charge in [-0.2, -0.15) is 9.97 Å². The Morgan fingerprint density at radius 1 is 1.21 bits per heavy atom. The number of H-pyrrole nitrogens is 1. The van der Waals surface area contributed by atoms with Crippen LogP contribution in [0, 0.1) is 19.8 Å². The van der Waals surface area contributed by atoms with E-state index < -0.39 is 18.9 Å². The number of pyridine rings is 2. The molecule has 8 nitrogen and oxygen atoms in total. The first-order chi connectivity index (χ1) is 16.2. The molecule has 1 fully saturated rings. The largest absolute Gasteiger partial charge is 0.471 e. The van der Waals surface area contributed by atoms with E-state index in [1.165, 1.54) is 6.07 Å². The number of carbonyl (C=O) groups is 1. The second-order valence-electron chi connectivity index (χ2n) is 8.80. The van der Waals surface area contributed by atoms with E-state index in [9.17, 15) is 13.6 Å². The highest BCUT2D eigenvalue weighted by atomic mass is 35.5. The predicted octanol–water partition coefficient (Wildman–Crippen LogP) is 5.32. The zero-order valence-electron chi connectivity index (χ0n) is 19.2. The number of fused-ring (bicyclic) bond motifs is 1. The Bertz CT molecular complexity index is 1170. The number of nitrogens with zero attached hydrogens (tertiary/aromatic N) is 3. The number of nitrogens with one attached hydrogen (secondary N) is 3. The number of hydrogen-bond acceptors (Lipinski definition) is 6. The number of rotatable bonds is 7. The van der Waals surface area contributed by atoms with E-state index in [1.807, 2.05) is 19.9 Å². The standard InChI is InChI=1S/C23H27ClF2N6O2/c1-11-4-6-14(7-5-11)28-21(33)15-9-16-20(31-22(15)34-10-17(25)26)32-23(29-16)30-18-12(2)8-13(3)27-19(18)24/h8-9,11,14,17H,4-7,10H2,1-3H3,(H,28,33)(H2,29,30,31,32). The summed E-state index contributed by atoms with van der Waals surface area (Å²) in [7, 11) is 0. The second-order valence-corrected chi connectivity index (χ2v) is 9.16. The lowest BCUT2D eigenvalue weighted by atomic mass is 9.87. The van der Waals surface area contributed by atoms with Crippen molar-refractivity contribution in [2.45, 2.75) is 58.9 Å². The van der Waals surface area contributed by atoms with Gasteiger partial charge in [0.15, 0.2) is 17.4 Å². The Morgan fingerprint density at radius 3 is 2.62 bits per heavy atom. The molecule has 0 aromatic carbocycles. The number of aromatic amines is 1. The molecule has 182 valence electrons. The van der Waals surface area contributed by atoms with Gasteiger partial charge in [0.05, 0.1) is 11.2 Å². The van der Waals surface area contributed by atoms with Crippen LogP contribution >= 0.6 is 11.6 Å². The maximum atomic E-state index is 13.0. The smallest absolute Gasteiger partial charge is 0.272 e. The number of aryl methyl sites for hydroxylation is 2. The Morgan fingerprint density at radius 2 is 1.94 bits per heavy atom. The summed E-state index contributed by atoms with van der Waals surface area (Å²) in [4.78, 5) is 28.9. The number of amides is 1. The van der Waals surface area contributed by atoms with Gasteiger partial charge in [-0.25, -0.2) is 13.8 Å². The molecule has 1 aliphatic carbocycles. The molecule has 4 rings (SSSR count). The van der Waals surface area contributed by atoms with Crippen LogP contribution in [0.25, 0.3) is 11.2 Å². The van der Waals surface area contributed by atoms with Crippen molar-refractivity contribution in [1.82, 2.24) is 25.3 Å². The first-order valence-corrected chi connectivity index (χ1v) is 11.6. The molecule has 3 heterocycles. The Balaban J connectivity index is 1.63. The summed E-state index contributed by atoms with van der Waals surface area (Å²) in [6.07, 6.45) is 1.10. The number of hydrogen-bond donors (Lipinski definition) is 3. The van der Waals surface area contributed by atoms with E-state index in [2.05, 4.69) is 37.5 Å². The van der Waals surface area contributed by atoms with Crippen LogP contribution in [0.1, 0.15) is 54.2 Å². The van der Waals surface area contributed by atoms with E-state index in [1.54, 1.807) is 0 Å². The van der Waals surface area contributed by atoms with Crippen molar-refractivity contribution >= 4 is 40.3 Å². The maximum absolute atomic E-state index is 13.0. The van der Waals surface area contributed by atoms with Crippen LogP contribution in [0.15, 0.2) is 12.1 Å². The quantitative estimate of drug-likeness (QED) is 0.385. The molecule has 0 aliphatic heterocycles. The van der Waals surface area contributed by atoms with Crippen LogP contribution in [-0.2, 0) is 0 Å². The molecule has 3 aromatic heterocycles. The number of carbonyl (C=O) groups excluding carboxylic acids is 1. The number of halogens is 3. The second kappa shape index (κ2) is 10.1. The van der Waals surface area contributed by atoms with Crippen molar-refractivity contribution in [1.29, 1.82) is 0 Å². The van der Waals surface area contributed by atoms with Crippen LogP contribution in [0.3, 0.4) is 0 Å². The fraction of sp³-hybridized carbons (Fsp3) is 0.478. The lowest BCUT2D eigenvalue weighted by molar-refractivity contribution is 0.0770. The number of alkyl halides is 2. The third kappa shape index (κ3) is 5.55. The average molecular weight is 493 g/mol. The third-order valence-electron chi connectivity index (χ3n) is 5.92. The van der Waals surface area contributed by atoms with Crippen LogP contribution in [0.2, 0.25) is 5.15 Å². The van der Waals surface area contributed by atoms with Crippen LogP contribution in [0.4, 0.5) is 20.4 Å². The summed E-state index contributed by atoms with van der Waals surface area (Å²) in [5.41, 5.74) is 2.96. The van der Waals surface area contributed by atoms with E-state index in [0.717, 1.165) is 36.9 Å². The monoisotopic (exact) mass is 492 g/mol. The van der Waals surface area contributed by atoms with Crippen LogP contribution in [0.5, 0.6) is 5.88 Å². The van der Waals surface area contributed by atoms with Gasteiger partial charge in [0.1, 0.15) is 5.56 Å². The van der Waals surface area contributed by atoms with Crippen molar-refractivity contribution in [3.8, 4) is 5.88 Å². The Hall–Kier alpha value is -3.01. The number of ether oxygens (including phenoxy) is 1. The van der Waals surface area contributed by atoms with Gasteiger partial charge in [0, 0.05) is 11.7 Å². The SMILES string of the molecule is Cc1cc(C)c(Nc2nc3nc(OCC(F)F)c(C(=O)NC4CCC(C)CC4)cc3[nH]2)c(Cl)n1. The molecule has 0 unspecified atom stereocenters. The van der Waals surface area contributed by atoms with Crippen molar-refractivity contribution in [3.63, 3.8) is 0 Å². The lowest BCUT2D eigenvalue weighted by Gasteiger charge is -2.27. The Labute approximate surface area is 200 Å². The van der Waals surface area contributed by atoms with E-state index in [-0.39, 0.29) is 28.3 Å². The van der Waals surface area contributed by atoms with Gasteiger partial charge in [-0.15, -0.1) is 0 Å². The molecule has 1 aliphatic rings. The van der Waals surface area contributed by atoms with Gasteiger partial charge < -0.3 is 20.4 Å². The predicted molar refractivity (Wildman–Crippen MR) is 126 cm³/mol. The minimum absolute atomic E-state index is 0.0282. The van der Waals surface area contributed by atoms with Gasteiger partial charge in [-0.05, 0) is 63.1 Å². The summed E-state index contributed by atoms with van der Waals surface area (Å²) in [5, 5.41) is 6.36. The first kappa shape index (κ1) is 24.1. The molecule has 1 saturated carbocycles. The molecule has 0 atom stereocenters. The van der Waals surface area contributed by atoms with Crippen LogP contribution < -0.4 is 15.4 Å². The molecule has 0 saturated heterocycles. The van der Waals surface area contributed by atoms with Crippen molar-refractivity contribution in [2.75, 3.05) is 11.9 Å². The molecule has 1 amide bonds. The minimum atomic E-state index is -2.70. The summed E-state index contributed by atoms with van der Waals surface area (Å²) < 4.78 is 30.8. The lowest BCUT2D eigenvalue weighted by Crippen LogP contribution is -2.37. The van der Waals surface area contributed by atoms with Gasteiger partial charge in [-0.3, -0.25) is 4.79 Å². The summed E-state index contributed by atoms with van der Waals surface area (Å²) >= 11 is 6.27. The molecule has 11 heteroatoms. The average Bonchev–Trinajstić information content (AvgIpc) is 3.17. The number of imidazole rings is 1. The molecule has 0 spiro atoms. The van der Waals surface area contributed by atoms with Crippen molar-refractivity contribution in [3.05, 3.63) is 34.1 Å². The fourth-order valence-corrected chi connectivity index (χ4v) is 4.46. The molecule has 0 bridgehead atoms. The summed E-state index contributed by atoms with van der Waals surface area (Å²) in [5.74, 6) is 0.354. The molecule has 3 N–H and O–H groups in total. The zero-order chi connectivity index (χ0) is 24.4. The normalized spacial score (nSPS) is 18.3. The molecule has 0 radical (unpaired) electrons. The minimum Gasteiger partial charge on any atom is -0.471 e. The highest BCUT2D eigenvalue weighted by Crippen LogP contribution is 2.29. The zero-order valence-corrected chi connectivity index (χ0v) is 20.0. The summed E-state index contributed by atoms with van der Waals surface area (Å²) in [6, 6.07) is 3.42. The van der Waals surface area contributed by atoms with Crippen molar-refractivity contribution in [2.24, 2.45) is 5.92 Å². The molecule has 34 heavy (non-hydrogen) atoms. The first-order valence-electron chi connectivity index (χ1n) is 11.2. The topological polar surface area (TPSA) is 105 Å². The highest BCUT2D eigenvalue weighted by Gasteiger charge is 2.24. The van der Waals surface area contributed by atoms with E-state index >= 15 is 0 Å². The molecule has 3 aromatic rings. The van der Waals surface area contributed by atoms with Gasteiger partial charge in [0.25, 0.3) is 12.3 Å². The Kier molecular flexibility index (Phi) is 7.16. The third-order valence-corrected chi connectivity index (χ3v) is 6.20.